The monoisotopic (exact) mass is 249 g/mol. The van der Waals surface area contributed by atoms with Crippen molar-refractivity contribution in [1.82, 2.24) is 0 Å². The lowest BCUT2D eigenvalue weighted by Crippen LogP contribution is -2.08. The molecule has 0 unspecified atom stereocenters. The van der Waals surface area contributed by atoms with Crippen LogP contribution in [0.25, 0.3) is 6.08 Å². The standard InChI is InChI=1S/C18H19N/c1-18(2,14-13-16-9-5-3-6-10-16)15-19-17-11-7-4-8-12-17/h3-15H,1-2H3/b14-13+,19-15?. The molecule has 0 bridgehead atoms. The summed E-state index contributed by atoms with van der Waals surface area (Å²) in [4.78, 5) is 4.51. The summed E-state index contributed by atoms with van der Waals surface area (Å²) in [5.74, 6) is 0. The first-order chi connectivity index (χ1) is 9.16. The van der Waals surface area contributed by atoms with Crippen LogP contribution in [0.2, 0.25) is 0 Å². The van der Waals surface area contributed by atoms with E-state index >= 15 is 0 Å². The molecule has 0 spiro atoms. The van der Waals surface area contributed by atoms with Crippen molar-refractivity contribution < 1.29 is 0 Å². The summed E-state index contributed by atoms with van der Waals surface area (Å²) in [6.07, 6.45) is 6.30. The van der Waals surface area contributed by atoms with E-state index in [0.717, 1.165) is 5.69 Å². The molecule has 0 atom stereocenters. The number of allylic oxidation sites excluding steroid dienone is 1. The number of nitrogens with zero attached hydrogens (tertiary/aromatic N) is 1. The molecule has 0 fully saturated rings. The van der Waals surface area contributed by atoms with Gasteiger partial charge in [0, 0.05) is 11.6 Å². The van der Waals surface area contributed by atoms with Crippen LogP contribution in [0.15, 0.2) is 71.7 Å². The van der Waals surface area contributed by atoms with E-state index in [1.807, 2.05) is 54.7 Å². The molecule has 96 valence electrons. The number of hydrogen-bond acceptors (Lipinski definition) is 1. The highest BCUT2D eigenvalue weighted by molar-refractivity contribution is 5.73. The van der Waals surface area contributed by atoms with E-state index < -0.39 is 0 Å². The lowest BCUT2D eigenvalue weighted by molar-refractivity contribution is 0.698. The second kappa shape index (κ2) is 6.14. The minimum atomic E-state index is -0.0638. The summed E-state index contributed by atoms with van der Waals surface area (Å²) in [5, 5.41) is 0. The van der Waals surface area contributed by atoms with Gasteiger partial charge < -0.3 is 0 Å². The first-order valence-electron chi connectivity index (χ1n) is 6.50. The molecule has 0 N–H and O–H groups in total. The second-order valence-corrected chi connectivity index (χ2v) is 5.16. The molecule has 0 saturated carbocycles. The van der Waals surface area contributed by atoms with Crippen LogP contribution in [-0.2, 0) is 0 Å². The Hall–Kier alpha value is -2.15. The minimum Gasteiger partial charge on any atom is -0.260 e. The zero-order chi connectivity index (χ0) is 13.6. The molecule has 0 aliphatic carbocycles. The normalized spacial score (nSPS) is 12.3. The minimum absolute atomic E-state index is 0.0638. The molecule has 2 rings (SSSR count). The van der Waals surface area contributed by atoms with E-state index in [1.165, 1.54) is 5.56 Å². The third-order valence-corrected chi connectivity index (χ3v) is 2.81. The first kappa shape index (κ1) is 13.3. The molecular formula is C18H19N. The van der Waals surface area contributed by atoms with Gasteiger partial charge in [-0.15, -0.1) is 0 Å². The van der Waals surface area contributed by atoms with Crippen LogP contribution in [0.1, 0.15) is 19.4 Å². The van der Waals surface area contributed by atoms with Crippen molar-refractivity contribution in [2.45, 2.75) is 13.8 Å². The topological polar surface area (TPSA) is 12.4 Å². The predicted octanol–water partition coefficient (Wildman–Crippen LogP) is 5.13. The number of benzene rings is 2. The quantitative estimate of drug-likeness (QED) is 0.666. The maximum atomic E-state index is 4.51. The summed E-state index contributed by atoms with van der Waals surface area (Å²) in [7, 11) is 0. The largest absolute Gasteiger partial charge is 0.260 e. The Bertz CT molecular complexity index is 499. The van der Waals surface area contributed by atoms with Crippen molar-refractivity contribution in [2.75, 3.05) is 0 Å². The SMILES string of the molecule is CC(C)(C=Nc1ccccc1)/C=C/c1ccccc1. The summed E-state index contributed by atoms with van der Waals surface area (Å²) < 4.78 is 0. The van der Waals surface area contributed by atoms with Crippen LogP contribution in [-0.4, -0.2) is 6.21 Å². The molecule has 0 saturated heterocycles. The van der Waals surface area contributed by atoms with Crippen molar-refractivity contribution >= 4 is 18.0 Å². The zero-order valence-electron chi connectivity index (χ0n) is 11.5. The van der Waals surface area contributed by atoms with Crippen molar-refractivity contribution in [2.24, 2.45) is 10.4 Å². The van der Waals surface area contributed by atoms with Gasteiger partial charge in [0.2, 0.25) is 0 Å². The molecule has 0 radical (unpaired) electrons. The van der Waals surface area contributed by atoms with Crippen LogP contribution < -0.4 is 0 Å². The first-order valence-corrected chi connectivity index (χ1v) is 6.50. The fraction of sp³-hybridized carbons (Fsp3) is 0.167. The molecule has 0 aliphatic rings. The van der Waals surface area contributed by atoms with Crippen molar-refractivity contribution in [1.29, 1.82) is 0 Å². The third kappa shape index (κ3) is 4.55. The summed E-state index contributed by atoms with van der Waals surface area (Å²) in [5.41, 5.74) is 2.14. The molecule has 2 aromatic rings. The summed E-state index contributed by atoms with van der Waals surface area (Å²) >= 11 is 0. The van der Waals surface area contributed by atoms with E-state index in [0.29, 0.717) is 0 Å². The van der Waals surface area contributed by atoms with Gasteiger partial charge in [0.1, 0.15) is 0 Å². The smallest absolute Gasteiger partial charge is 0.0626 e. The Kier molecular flexibility index (Phi) is 4.30. The highest BCUT2D eigenvalue weighted by atomic mass is 14.7. The number of rotatable bonds is 4. The summed E-state index contributed by atoms with van der Waals surface area (Å²) in [6.45, 7) is 4.30. The Morgan fingerprint density at radius 3 is 2.05 bits per heavy atom. The fourth-order valence-corrected chi connectivity index (χ4v) is 1.67. The Morgan fingerprint density at radius 2 is 1.42 bits per heavy atom. The van der Waals surface area contributed by atoms with Crippen LogP contribution in [0.5, 0.6) is 0 Å². The number of para-hydroxylation sites is 1. The van der Waals surface area contributed by atoms with Gasteiger partial charge in [-0.25, -0.2) is 0 Å². The van der Waals surface area contributed by atoms with E-state index in [4.69, 9.17) is 0 Å². The number of hydrogen-bond donors (Lipinski definition) is 0. The van der Waals surface area contributed by atoms with Gasteiger partial charge in [-0.2, -0.15) is 0 Å². The van der Waals surface area contributed by atoms with Crippen LogP contribution >= 0.6 is 0 Å². The van der Waals surface area contributed by atoms with E-state index in [9.17, 15) is 0 Å². The molecule has 1 nitrogen and oxygen atoms in total. The van der Waals surface area contributed by atoms with Crippen LogP contribution in [0, 0.1) is 5.41 Å². The zero-order valence-corrected chi connectivity index (χ0v) is 11.5. The average Bonchev–Trinajstić information content (AvgIpc) is 2.46. The van der Waals surface area contributed by atoms with E-state index in [2.05, 4.69) is 43.1 Å². The second-order valence-electron chi connectivity index (χ2n) is 5.16. The van der Waals surface area contributed by atoms with Crippen LogP contribution in [0.3, 0.4) is 0 Å². The molecular weight excluding hydrogens is 230 g/mol. The van der Waals surface area contributed by atoms with Gasteiger partial charge in [-0.1, -0.05) is 74.5 Å². The number of aliphatic imine (C=N–C) groups is 1. The van der Waals surface area contributed by atoms with Crippen LogP contribution in [0.4, 0.5) is 5.69 Å². The molecule has 1 heteroatoms. The van der Waals surface area contributed by atoms with Gasteiger partial charge >= 0.3 is 0 Å². The summed E-state index contributed by atoms with van der Waals surface area (Å²) in [6, 6.07) is 20.3. The highest BCUT2D eigenvalue weighted by Crippen LogP contribution is 2.19. The van der Waals surface area contributed by atoms with Crippen molar-refractivity contribution in [3.8, 4) is 0 Å². The average molecular weight is 249 g/mol. The molecule has 19 heavy (non-hydrogen) atoms. The Labute approximate surface area is 115 Å². The lowest BCUT2D eigenvalue weighted by Gasteiger charge is -2.13. The Balaban J connectivity index is 2.06. The molecule has 0 heterocycles. The molecule has 2 aromatic carbocycles. The fourth-order valence-electron chi connectivity index (χ4n) is 1.67. The van der Waals surface area contributed by atoms with Gasteiger partial charge in [0.25, 0.3) is 0 Å². The van der Waals surface area contributed by atoms with Gasteiger partial charge in [0.15, 0.2) is 0 Å². The van der Waals surface area contributed by atoms with E-state index in [1.54, 1.807) is 0 Å². The lowest BCUT2D eigenvalue weighted by atomic mass is 9.94. The van der Waals surface area contributed by atoms with Gasteiger partial charge in [-0.3, -0.25) is 4.99 Å². The molecule has 0 aliphatic heterocycles. The third-order valence-electron chi connectivity index (χ3n) is 2.81. The van der Waals surface area contributed by atoms with Crippen molar-refractivity contribution in [3.63, 3.8) is 0 Å². The Morgan fingerprint density at radius 1 is 0.842 bits per heavy atom. The molecule has 0 amide bonds. The van der Waals surface area contributed by atoms with Gasteiger partial charge in [0.05, 0.1) is 5.69 Å². The maximum Gasteiger partial charge on any atom is 0.0626 e. The van der Waals surface area contributed by atoms with Gasteiger partial charge in [-0.05, 0) is 17.7 Å². The highest BCUT2D eigenvalue weighted by Gasteiger charge is 2.09. The maximum absolute atomic E-state index is 4.51. The van der Waals surface area contributed by atoms with E-state index in [-0.39, 0.29) is 5.41 Å². The molecule has 0 aromatic heterocycles. The predicted molar refractivity (Wildman–Crippen MR) is 83.9 cm³/mol. The van der Waals surface area contributed by atoms with Crippen molar-refractivity contribution in [3.05, 3.63) is 72.3 Å².